The normalized spacial score (nSPS) is 16.7. The van der Waals surface area contributed by atoms with Crippen molar-refractivity contribution in [2.45, 2.75) is 25.4 Å². The van der Waals surface area contributed by atoms with Gasteiger partial charge in [0.1, 0.15) is 0 Å². The molecule has 1 aliphatic rings. The number of para-hydroxylation sites is 1. The number of β-amino-alcohol motifs (C(OH)–C–C–N with tert-alkyl or cyclic N) is 1. The fourth-order valence-electron chi connectivity index (χ4n) is 3.09. The predicted molar refractivity (Wildman–Crippen MR) is 95.1 cm³/mol. The molecule has 6 nitrogen and oxygen atoms in total. The van der Waals surface area contributed by atoms with Crippen molar-refractivity contribution in [2.24, 2.45) is 0 Å². The van der Waals surface area contributed by atoms with E-state index >= 15 is 0 Å². The van der Waals surface area contributed by atoms with Crippen molar-refractivity contribution in [1.82, 2.24) is 15.2 Å². The van der Waals surface area contributed by atoms with Gasteiger partial charge in [-0.1, -0.05) is 24.6 Å². The summed E-state index contributed by atoms with van der Waals surface area (Å²) >= 11 is 0. The third kappa shape index (κ3) is 4.43. The number of rotatable bonds is 5. The number of amides is 2. The first-order chi connectivity index (χ1) is 11.7. The lowest BCUT2D eigenvalue weighted by Gasteiger charge is -2.28. The van der Waals surface area contributed by atoms with Crippen molar-refractivity contribution in [2.75, 3.05) is 31.5 Å². The highest BCUT2D eigenvalue weighted by Gasteiger charge is 2.15. The van der Waals surface area contributed by atoms with Crippen LogP contribution < -0.4 is 10.6 Å². The molecular weight excluding hydrogens is 304 g/mol. The van der Waals surface area contributed by atoms with Gasteiger partial charge >= 0.3 is 6.03 Å². The van der Waals surface area contributed by atoms with Crippen LogP contribution in [0.5, 0.6) is 0 Å². The second-order valence-electron chi connectivity index (χ2n) is 6.23. The smallest absolute Gasteiger partial charge is 0.319 e. The number of benzene rings is 1. The molecule has 3 N–H and O–H groups in total. The average molecular weight is 328 g/mol. The van der Waals surface area contributed by atoms with E-state index in [1.165, 1.54) is 19.3 Å². The summed E-state index contributed by atoms with van der Waals surface area (Å²) in [6.45, 7) is 2.91. The molecule has 2 heterocycles. The number of hydrogen-bond acceptors (Lipinski definition) is 4. The Morgan fingerprint density at radius 2 is 2.00 bits per heavy atom. The first-order valence-electron chi connectivity index (χ1n) is 8.51. The van der Waals surface area contributed by atoms with E-state index in [1.54, 1.807) is 6.20 Å². The Morgan fingerprint density at radius 1 is 1.21 bits per heavy atom. The molecule has 0 unspecified atom stereocenters. The summed E-state index contributed by atoms with van der Waals surface area (Å²) in [4.78, 5) is 18.6. The lowest BCUT2D eigenvalue weighted by molar-refractivity contribution is 0.102. The van der Waals surface area contributed by atoms with Gasteiger partial charge in [0, 0.05) is 24.7 Å². The number of aliphatic hydroxyl groups excluding tert-OH is 1. The molecule has 0 bridgehead atoms. The number of nitrogens with zero attached hydrogens (tertiary/aromatic N) is 2. The zero-order valence-electron chi connectivity index (χ0n) is 13.7. The number of nitrogens with one attached hydrogen (secondary N) is 2. The maximum absolute atomic E-state index is 12.1. The van der Waals surface area contributed by atoms with E-state index in [-0.39, 0.29) is 12.6 Å². The van der Waals surface area contributed by atoms with E-state index in [1.807, 2.05) is 30.3 Å². The average Bonchev–Trinajstić information content (AvgIpc) is 2.61. The highest BCUT2D eigenvalue weighted by Crippen LogP contribution is 2.20. The lowest BCUT2D eigenvalue weighted by Crippen LogP contribution is -2.43. The van der Waals surface area contributed by atoms with E-state index in [0.29, 0.717) is 12.2 Å². The maximum Gasteiger partial charge on any atom is 0.319 e. The van der Waals surface area contributed by atoms with Gasteiger partial charge in [-0.05, 0) is 38.1 Å². The van der Waals surface area contributed by atoms with Crippen molar-refractivity contribution in [1.29, 1.82) is 0 Å². The molecule has 1 aliphatic heterocycles. The van der Waals surface area contributed by atoms with Gasteiger partial charge in [0.25, 0.3) is 0 Å². The number of hydrogen-bond donors (Lipinski definition) is 3. The summed E-state index contributed by atoms with van der Waals surface area (Å²) in [5, 5.41) is 16.6. The van der Waals surface area contributed by atoms with Crippen LogP contribution in [0.1, 0.15) is 19.3 Å². The molecule has 0 spiro atoms. The number of carbonyl (C=O) groups is 1. The number of urea groups is 1. The quantitative estimate of drug-likeness (QED) is 0.786. The van der Waals surface area contributed by atoms with Gasteiger partial charge in [0.05, 0.1) is 17.3 Å². The van der Waals surface area contributed by atoms with Crippen LogP contribution in [0.4, 0.5) is 10.5 Å². The zero-order chi connectivity index (χ0) is 16.8. The molecule has 1 aromatic carbocycles. The van der Waals surface area contributed by atoms with E-state index < -0.39 is 6.10 Å². The standard InChI is InChI=1S/C18H24N4O2/c23-15(13-22-10-2-1-3-11-22)12-20-18(24)21-16-8-4-6-14-7-5-9-19-17(14)16/h4-9,15,23H,1-3,10-13H2,(H2,20,21,24)/t15-/m1/s1. The van der Waals surface area contributed by atoms with E-state index in [0.717, 1.165) is 24.0 Å². The summed E-state index contributed by atoms with van der Waals surface area (Å²) in [5.74, 6) is 0. The van der Waals surface area contributed by atoms with Gasteiger partial charge in [-0.25, -0.2) is 4.79 Å². The number of anilines is 1. The van der Waals surface area contributed by atoms with Gasteiger partial charge in [0.15, 0.2) is 0 Å². The van der Waals surface area contributed by atoms with Crippen molar-refractivity contribution in [3.05, 3.63) is 36.5 Å². The molecule has 128 valence electrons. The molecule has 2 aromatic rings. The molecule has 1 fully saturated rings. The minimum absolute atomic E-state index is 0.237. The monoisotopic (exact) mass is 328 g/mol. The number of likely N-dealkylation sites (tertiary alicyclic amines) is 1. The molecule has 0 saturated carbocycles. The van der Waals surface area contributed by atoms with Crippen molar-refractivity contribution >= 4 is 22.6 Å². The number of carbonyl (C=O) groups excluding carboxylic acids is 1. The van der Waals surface area contributed by atoms with E-state index in [4.69, 9.17) is 0 Å². The van der Waals surface area contributed by atoms with Crippen molar-refractivity contribution in [3.8, 4) is 0 Å². The van der Waals surface area contributed by atoms with Crippen LogP contribution in [0.3, 0.4) is 0 Å². The molecule has 6 heteroatoms. The van der Waals surface area contributed by atoms with Crippen LogP contribution in [-0.4, -0.2) is 53.3 Å². The van der Waals surface area contributed by atoms with Gasteiger partial charge < -0.3 is 20.6 Å². The van der Waals surface area contributed by atoms with Crippen molar-refractivity contribution in [3.63, 3.8) is 0 Å². The Hall–Kier alpha value is -2.18. The Balaban J connectivity index is 1.50. The van der Waals surface area contributed by atoms with E-state index in [9.17, 15) is 9.90 Å². The highest BCUT2D eigenvalue weighted by atomic mass is 16.3. The van der Waals surface area contributed by atoms with Gasteiger partial charge in [-0.2, -0.15) is 0 Å². The number of piperidine rings is 1. The molecule has 1 aromatic heterocycles. The third-order valence-electron chi connectivity index (χ3n) is 4.30. The van der Waals surface area contributed by atoms with Crippen LogP contribution in [0.2, 0.25) is 0 Å². The second kappa shape index (κ2) is 8.08. The molecule has 3 rings (SSSR count). The van der Waals surface area contributed by atoms with Gasteiger partial charge in [-0.15, -0.1) is 0 Å². The Labute approximate surface area is 141 Å². The maximum atomic E-state index is 12.1. The highest BCUT2D eigenvalue weighted by molar-refractivity contribution is 5.99. The molecule has 0 radical (unpaired) electrons. The number of aliphatic hydroxyl groups is 1. The minimum Gasteiger partial charge on any atom is -0.390 e. The first-order valence-corrected chi connectivity index (χ1v) is 8.51. The minimum atomic E-state index is -0.556. The molecule has 24 heavy (non-hydrogen) atoms. The summed E-state index contributed by atoms with van der Waals surface area (Å²) in [7, 11) is 0. The molecular formula is C18H24N4O2. The fourth-order valence-corrected chi connectivity index (χ4v) is 3.09. The second-order valence-corrected chi connectivity index (χ2v) is 6.23. The topological polar surface area (TPSA) is 77.5 Å². The van der Waals surface area contributed by atoms with Crippen LogP contribution in [0.25, 0.3) is 10.9 Å². The van der Waals surface area contributed by atoms with Crippen LogP contribution in [0, 0.1) is 0 Å². The Kier molecular flexibility index (Phi) is 5.61. The van der Waals surface area contributed by atoms with E-state index in [2.05, 4.69) is 20.5 Å². The lowest BCUT2D eigenvalue weighted by atomic mass is 10.1. The first kappa shape index (κ1) is 16.7. The van der Waals surface area contributed by atoms with Crippen molar-refractivity contribution < 1.29 is 9.90 Å². The number of pyridine rings is 1. The fraction of sp³-hybridized carbons (Fsp3) is 0.444. The summed E-state index contributed by atoms with van der Waals surface area (Å²) in [6.07, 6.45) is 4.79. The Bertz CT molecular complexity index is 680. The van der Waals surface area contributed by atoms with Crippen LogP contribution >= 0.6 is 0 Å². The van der Waals surface area contributed by atoms with Crippen LogP contribution in [0.15, 0.2) is 36.5 Å². The summed E-state index contributed by atoms with van der Waals surface area (Å²) < 4.78 is 0. The molecule has 2 amide bonds. The molecule has 1 atom stereocenters. The predicted octanol–water partition coefficient (Wildman–Crippen LogP) is 2.20. The SMILES string of the molecule is O=C(NC[C@@H](O)CN1CCCCC1)Nc1cccc2cccnc12. The zero-order valence-corrected chi connectivity index (χ0v) is 13.7. The number of fused-ring (bicyclic) bond motifs is 1. The summed E-state index contributed by atoms with van der Waals surface area (Å²) in [5.41, 5.74) is 1.42. The van der Waals surface area contributed by atoms with Gasteiger partial charge in [-0.3, -0.25) is 4.98 Å². The Morgan fingerprint density at radius 3 is 2.83 bits per heavy atom. The largest absolute Gasteiger partial charge is 0.390 e. The van der Waals surface area contributed by atoms with Crippen LogP contribution in [-0.2, 0) is 0 Å². The number of aromatic nitrogens is 1. The summed E-state index contributed by atoms with van der Waals surface area (Å²) in [6, 6.07) is 9.14. The third-order valence-corrected chi connectivity index (χ3v) is 4.30. The molecule has 0 aliphatic carbocycles. The molecule has 1 saturated heterocycles. The van der Waals surface area contributed by atoms with Gasteiger partial charge in [0.2, 0.25) is 0 Å².